The lowest BCUT2D eigenvalue weighted by atomic mass is 9.96. The first-order valence-corrected chi connectivity index (χ1v) is 5.81. The third-order valence-corrected chi connectivity index (χ3v) is 3.03. The molecule has 0 saturated carbocycles. The molecule has 0 N–H and O–H groups in total. The predicted molar refractivity (Wildman–Crippen MR) is 66.9 cm³/mol. The van der Waals surface area contributed by atoms with E-state index in [1.165, 1.54) is 5.56 Å². The molecule has 1 unspecified atom stereocenters. The van der Waals surface area contributed by atoms with Gasteiger partial charge in [-0.2, -0.15) is 0 Å². The fraction of sp³-hybridized carbons (Fsp3) is 0.500. The summed E-state index contributed by atoms with van der Waals surface area (Å²) in [5.74, 6) is 0.707. The van der Waals surface area contributed by atoms with E-state index in [2.05, 4.69) is 13.8 Å². The van der Waals surface area contributed by atoms with E-state index in [1.807, 2.05) is 44.3 Å². The Bertz CT molecular complexity index is 332. The molecule has 0 aliphatic carbocycles. The standard InChI is InChI=1S/C14H21NO/c1-11(2)12(3)14(16)15(4)10-13-8-6-5-7-9-13/h5-9,11-12H,10H2,1-4H3. The lowest BCUT2D eigenvalue weighted by Gasteiger charge is -2.23. The van der Waals surface area contributed by atoms with E-state index in [-0.39, 0.29) is 11.8 Å². The lowest BCUT2D eigenvalue weighted by molar-refractivity contribution is -0.135. The monoisotopic (exact) mass is 219 g/mol. The van der Waals surface area contributed by atoms with Crippen LogP contribution in [0.2, 0.25) is 0 Å². The number of nitrogens with zero attached hydrogens (tertiary/aromatic N) is 1. The molecule has 2 heteroatoms. The quantitative estimate of drug-likeness (QED) is 0.762. The fourth-order valence-corrected chi connectivity index (χ4v) is 1.57. The molecule has 0 aromatic heterocycles. The van der Waals surface area contributed by atoms with Gasteiger partial charge in [-0.1, -0.05) is 51.1 Å². The summed E-state index contributed by atoms with van der Waals surface area (Å²) in [6, 6.07) is 10.1. The van der Waals surface area contributed by atoms with Crippen LogP contribution in [0.5, 0.6) is 0 Å². The number of rotatable bonds is 4. The summed E-state index contributed by atoms with van der Waals surface area (Å²) >= 11 is 0. The average molecular weight is 219 g/mol. The highest BCUT2D eigenvalue weighted by Gasteiger charge is 2.20. The molecule has 1 atom stereocenters. The van der Waals surface area contributed by atoms with Crippen LogP contribution in [-0.4, -0.2) is 17.9 Å². The van der Waals surface area contributed by atoms with Gasteiger partial charge in [-0.25, -0.2) is 0 Å². The van der Waals surface area contributed by atoms with Crippen molar-refractivity contribution in [2.24, 2.45) is 11.8 Å². The molecule has 0 fully saturated rings. The van der Waals surface area contributed by atoms with E-state index < -0.39 is 0 Å². The fourth-order valence-electron chi connectivity index (χ4n) is 1.57. The van der Waals surface area contributed by atoms with Crippen molar-refractivity contribution in [3.8, 4) is 0 Å². The highest BCUT2D eigenvalue weighted by Crippen LogP contribution is 2.14. The zero-order chi connectivity index (χ0) is 12.1. The van der Waals surface area contributed by atoms with Gasteiger partial charge < -0.3 is 4.90 Å². The van der Waals surface area contributed by atoms with Gasteiger partial charge in [-0.3, -0.25) is 4.79 Å². The summed E-state index contributed by atoms with van der Waals surface area (Å²) in [6.45, 7) is 6.85. The van der Waals surface area contributed by atoms with Gasteiger partial charge in [0, 0.05) is 19.5 Å². The molecule has 1 aromatic carbocycles. The van der Waals surface area contributed by atoms with E-state index in [0.29, 0.717) is 12.5 Å². The van der Waals surface area contributed by atoms with E-state index in [4.69, 9.17) is 0 Å². The molecule has 1 rings (SSSR count). The van der Waals surface area contributed by atoms with Gasteiger partial charge in [-0.05, 0) is 11.5 Å². The molecule has 88 valence electrons. The van der Waals surface area contributed by atoms with E-state index >= 15 is 0 Å². The van der Waals surface area contributed by atoms with E-state index in [1.54, 1.807) is 4.90 Å². The molecule has 16 heavy (non-hydrogen) atoms. The first-order chi connectivity index (χ1) is 7.52. The van der Waals surface area contributed by atoms with Crippen LogP contribution in [0.3, 0.4) is 0 Å². The van der Waals surface area contributed by atoms with Crippen LogP contribution in [0, 0.1) is 11.8 Å². The molecule has 1 aromatic rings. The molecule has 0 spiro atoms. The van der Waals surface area contributed by atoms with E-state index in [9.17, 15) is 4.79 Å². The van der Waals surface area contributed by atoms with Crippen LogP contribution in [0.1, 0.15) is 26.3 Å². The third kappa shape index (κ3) is 3.37. The topological polar surface area (TPSA) is 20.3 Å². The minimum Gasteiger partial charge on any atom is -0.341 e. The van der Waals surface area contributed by atoms with Crippen molar-refractivity contribution in [3.05, 3.63) is 35.9 Å². The van der Waals surface area contributed by atoms with Crippen molar-refractivity contribution in [2.75, 3.05) is 7.05 Å². The Hall–Kier alpha value is -1.31. The third-order valence-electron chi connectivity index (χ3n) is 3.03. The largest absolute Gasteiger partial charge is 0.341 e. The molecule has 0 bridgehead atoms. The Balaban J connectivity index is 2.59. The summed E-state index contributed by atoms with van der Waals surface area (Å²) in [4.78, 5) is 13.8. The van der Waals surface area contributed by atoms with Crippen molar-refractivity contribution in [1.29, 1.82) is 0 Å². The molecule has 0 saturated heterocycles. The maximum absolute atomic E-state index is 12.0. The maximum atomic E-state index is 12.0. The Labute approximate surface area is 98.3 Å². The molecule has 0 heterocycles. The Morgan fingerprint density at radius 2 is 1.75 bits per heavy atom. The molecular weight excluding hydrogens is 198 g/mol. The number of hydrogen-bond donors (Lipinski definition) is 0. The minimum atomic E-state index is 0.0914. The van der Waals surface area contributed by atoms with Crippen LogP contribution in [0.4, 0.5) is 0 Å². The summed E-state index contributed by atoms with van der Waals surface area (Å²) < 4.78 is 0. The highest BCUT2D eigenvalue weighted by molar-refractivity contribution is 5.78. The summed E-state index contributed by atoms with van der Waals surface area (Å²) in [5.41, 5.74) is 1.18. The molecular formula is C14H21NO. The van der Waals surface area contributed by atoms with Gasteiger partial charge in [0.25, 0.3) is 0 Å². The number of amides is 1. The van der Waals surface area contributed by atoms with Crippen LogP contribution in [0.25, 0.3) is 0 Å². The second-order valence-corrected chi connectivity index (χ2v) is 4.71. The second kappa shape index (κ2) is 5.69. The number of hydrogen-bond acceptors (Lipinski definition) is 1. The predicted octanol–water partition coefficient (Wildman–Crippen LogP) is 2.94. The van der Waals surface area contributed by atoms with Crippen molar-refractivity contribution in [3.63, 3.8) is 0 Å². The van der Waals surface area contributed by atoms with Gasteiger partial charge in [0.05, 0.1) is 0 Å². The number of carbonyl (C=O) groups is 1. The first-order valence-electron chi connectivity index (χ1n) is 5.81. The Morgan fingerprint density at radius 1 is 1.19 bits per heavy atom. The Morgan fingerprint density at radius 3 is 2.25 bits per heavy atom. The lowest BCUT2D eigenvalue weighted by Crippen LogP contribution is -2.33. The summed E-state index contributed by atoms with van der Waals surface area (Å²) in [5, 5.41) is 0. The average Bonchev–Trinajstić information content (AvgIpc) is 2.28. The van der Waals surface area contributed by atoms with Gasteiger partial charge >= 0.3 is 0 Å². The number of benzene rings is 1. The smallest absolute Gasteiger partial charge is 0.225 e. The molecule has 0 aliphatic rings. The highest BCUT2D eigenvalue weighted by atomic mass is 16.2. The van der Waals surface area contributed by atoms with Crippen LogP contribution < -0.4 is 0 Å². The minimum absolute atomic E-state index is 0.0914. The van der Waals surface area contributed by atoms with Crippen LogP contribution >= 0.6 is 0 Å². The van der Waals surface area contributed by atoms with Crippen LogP contribution in [0.15, 0.2) is 30.3 Å². The Kier molecular flexibility index (Phi) is 4.53. The van der Waals surface area contributed by atoms with Gasteiger partial charge in [-0.15, -0.1) is 0 Å². The molecule has 2 nitrogen and oxygen atoms in total. The molecule has 0 aliphatic heterocycles. The summed E-state index contributed by atoms with van der Waals surface area (Å²) in [6.07, 6.45) is 0. The van der Waals surface area contributed by atoms with Crippen molar-refractivity contribution in [1.82, 2.24) is 4.90 Å². The second-order valence-electron chi connectivity index (χ2n) is 4.71. The molecule has 1 amide bonds. The van der Waals surface area contributed by atoms with Crippen molar-refractivity contribution in [2.45, 2.75) is 27.3 Å². The summed E-state index contributed by atoms with van der Waals surface area (Å²) in [7, 11) is 1.87. The van der Waals surface area contributed by atoms with Crippen molar-refractivity contribution < 1.29 is 4.79 Å². The zero-order valence-electron chi connectivity index (χ0n) is 10.6. The SMILES string of the molecule is CC(C)C(C)C(=O)N(C)Cc1ccccc1. The van der Waals surface area contributed by atoms with Gasteiger partial charge in [0.15, 0.2) is 0 Å². The number of carbonyl (C=O) groups excluding carboxylic acids is 1. The molecule has 0 radical (unpaired) electrons. The van der Waals surface area contributed by atoms with Gasteiger partial charge in [0.1, 0.15) is 0 Å². The van der Waals surface area contributed by atoms with E-state index in [0.717, 1.165) is 0 Å². The van der Waals surface area contributed by atoms with Crippen LogP contribution in [-0.2, 0) is 11.3 Å². The van der Waals surface area contributed by atoms with Gasteiger partial charge in [0.2, 0.25) is 5.91 Å². The maximum Gasteiger partial charge on any atom is 0.225 e. The normalized spacial score (nSPS) is 12.6. The first kappa shape index (κ1) is 12.8. The zero-order valence-corrected chi connectivity index (χ0v) is 10.6. The van der Waals surface area contributed by atoms with Crippen molar-refractivity contribution >= 4 is 5.91 Å².